The summed E-state index contributed by atoms with van der Waals surface area (Å²) >= 11 is 0. The Morgan fingerprint density at radius 1 is 1.20 bits per heavy atom. The van der Waals surface area contributed by atoms with Crippen LogP contribution in [0.5, 0.6) is 0 Å². The molecule has 0 unspecified atom stereocenters. The SMILES string of the molecule is CC(=O)N[C@@H](Cc1ccc(F)cc1)C(=O)N[C@@H](CCCC#N)C(N)=O. The maximum atomic E-state index is 13.0. The summed E-state index contributed by atoms with van der Waals surface area (Å²) in [5.41, 5.74) is 5.92. The minimum absolute atomic E-state index is 0.134. The van der Waals surface area contributed by atoms with Crippen LogP contribution in [0.2, 0.25) is 0 Å². The molecule has 0 aromatic heterocycles. The van der Waals surface area contributed by atoms with Gasteiger partial charge in [-0.3, -0.25) is 14.4 Å². The number of nitriles is 1. The Labute approximate surface area is 145 Å². The molecule has 0 saturated heterocycles. The molecule has 8 heteroatoms. The average molecular weight is 348 g/mol. The first kappa shape index (κ1) is 20.1. The predicted molar refractivity (Wildman–Crippen MR) is 88.3 cm³/mol. The predicted octanol–water partition coefficient (Wildman–Crippen LogP) is 0.537. The van der Waals surface area contributed by atoms with Crippen molar-refractivity contribution >= 4 is 17.7 Å². The fourth-order valence-electron chi connectivity index (χ4n) is 2.25. The summed E-state index contributed by atoms with van der Waals surface area (Å²) in [5.74, 6) is -2.10. The third-order valence-electron chi connectivity index (χ3n) is 3.49. The van der Waals surface area contributed by atoms with Crippen LogP contribution >= 0.6 is 0 Å². The summed E-state index contributed by atoms with van der Waals surface area (Å²) in [6.07, 6.45) is 1.02. The van der Waals surface area contributed by atoms with Crippen molar-refractivity contribution in [1.29, 1.82) is 5.26 Å². The van der Waals surface area contributed by atoms with Crippen LogP contribution < -0.4 is 16.4 Å². The van der Waals surface area contributed by atoms with E-state index in [0.29, 0.717) is 12.0 Å². The van der Waals surface area contributed by atoms with Crippen molar-refractivity contribution in [2.75, 3.05) is 0 Å². The molecule has 0 aliphatic rings. The molecule has 25 heavy (non-hydrogen) atoms. The molecule has 1 aromatic carbocycles. The molecule has 1 rings (SSSR count). The summed E-state index contributed by atoms with van der Waals surface area (Å²) in [7, 11) is 0. The summed E-state index contributed by atoms with van der Waals surface area (Å²) in [6, 6.07) is 5.63. The second kappa shape index (κ2) is 10.0. The van der Waals surface area contributed by atoms with Crippen molar-refractivity contribution in [2.45, 2.75) is 44.7 Å². The molecule has 0 heterocycles. The number of hydrogen-bond donors (Lipinski definition) is 3. The molecule has 0 spiro atoms. The molecule has 4 N–H and O–H groups in total. The fourth-order valence-corrected chi connectivity index (χ4v) is 2.25. The van der Waals surface area contributed by atoms with E-state index in [1.807, 2.05) is 6.07 Å². The summed E-state index contributed by atoms with van der Waals surface area (Å²) in [4.78, 5) is 35.2. The van der Waals surface area contributed by atoms with Gasteiger partial charge in [0.2, 0.25) is 17.7 Å². The fraction of sp³-hybridized carbons (Fsp3) is 0.412. The van der Waals surface area contributed by atoms with Crippen molar-refractivity contribution < 1.29 is 18.8 Å². The van der Waals surface area contributed by atoms with E-state index in [0.717, 1.165) is 0 Å². The Morgan fingerprint density at radius 2 is 1.84 bits per heavy atom. The Kier molecular flexibility index (Phi) is 8.06. The number of carbonyl (C=O) groups excluding carboxylic acids is 3. The third-order valence-corrected chi connectivity index (χ3v) is 3.49. The first-order valence-corrected chi connectivity index (χ1v) is 7.81. The summed E-state index contributed by atoms with van der Waals surface area (Å²) in [5, 5.41) is 13.5. The van der Waals surface area contributed by atoms with Gasteiger partial charge in [0.1, 0.15) is 17.9 Å². The first-order valence-electron chi connectivity index (χ1n) is 7.81. The van der Waals surface area contributed by atoms with E-state index >= 15 is 0 Å². The zero-order chi connectivity index (χ0) is 18.8. The van der Waals surface area contributed by atoms with Crippen molar-refractivity contribution in [3.63, 3.8) is 0 Å². The number of unbranched alkanes of at least 4 members (excludes halogenated alkanes) is 1. The maximum absolute atomic E-state index is 13.0. The van der Waals surface area contributed by atoms with Gasteiger partial charge in [0.15, 0.2) is 0 Å². The Morgan fingerprint density at radius 3 is 2.36 bits per heavy atom. The Hall–Kier alpha value is -2.95. The highest BCUT2D eigenvalue weighted by atomic mass is 19.1. The van der Waals surface area contributed by atoms with E-state index < -0.39 is 35.6 Å². The second-order valence-corrected chi connectivity index (χ2v) is 5.60. The maximum Gasteiger partial charge on any atom is 0.243 e. The van der Waals surface area contributed by atoms with Gasteiger partial charge in [0.25, 0.3) is 0 Å². The minimum Gasteiger partial charge on any atom is -0.368 e. The molecule has 0 fully saturated rings. The zero-order valence-corrected chi connectivity index (χ0v) is 13.9. The smallest absolute Gasteiger partial charge is 0.243 e. The van der Waals surface area contributed by atoms with E-state index in [1.165, 1.54) is 31.2 Å². The lowest BCUT2D eigenvalue weighted by Gasteiger charge is -2.21. The molecule has 7 nitrogen and oxygen atoms in total. The number of nitrogens with one attached hydrogen (secondary N) is 2. The van der Waals surface area contributed by atoms with Crippen molar-refractivity contribution in [3.8, 4) is 6.07 Å². The summed E-state index contributed by atoms with van der Waals surface area (Å²) in [6.45, 7) is 1.27. The topological polar surface area (TPSA) is 125 Å². The molecular formula is C17H21FN4O3. The van der Waals surface area contributed by atoms with E-state index in [9.17, 15) is 18.8 Å². The number of hydrogen-bond acceptors (Lipinski definition) is 4. The van der Waals surface area contributed by atoms with Crippen LogP contribution in [0.4, 0.5) is 4.39 Å². The normalized spacial score (nSPS) is 12.5. The second-order valence-electron chi connectivity index (χ2n) is 5.60. The number of amides is 3. The number of halogens is 1. The van der Waals surface area contributed by atoms with Gasteiger partial charge in [-0.05, 0) is 30.5 Å². The minimum atomic E-state index is -0.930. The third kappa shape index (κ3) is 7.44. The highest BCUT2D eigenvalue weighted by Gasteiger charge is 2.25. The molecule has 3 amide bonds. The largest absolute Gasteiger partial charge is 0.368 e. The lowest BCUT2D eigenvalue weighted by atomic mass is 10.0. The van der Waals surface area contributed by atoms with Crippen LogP contribution in [-0.2, 0) is 20.8 Å². The highest BCUT2D eigenvalue weighted by molar-refractivity contribution is 5.91. The van der Waals surface area contributed by atoms with E-state index in [2.05, 4.69) is 10.6 Å². The van der Waals surface area contributed by atoms with Crippen molar-refractivity contribution in [1.82, 2.24) is 10.6 Å². The Bertz CT molecular complexity index is 655. The monoisotopic (exact) mass is 348 g/mol. The number of primary amides is 1. The molecule has 0 aliphatic heterocycles. The van der Waals surface area contributed by atoms with Gasteiger partial charge in [0.05, 0.1) is 6.07 Å². The molecule has 2 atom stereocenters. The lowest BCUT2D eigenvalue weighted by molar-refractivity contribution is -0.130. The van der Waals surface area contributed by atoms with Gasteiger partial charge in [0, 0.05) is 19.8 Å². The van der Waals surface area contributed by atoms with Crippen LogP contribution in [0.25, 0.3) is 0 Å². The van der Waals surface area contributed by atoms with Crippen LogP contribution in [0, 0.1) is 17.1 Å². The highest BCUT2D eigenvalue weighted by Crippen LogP contribution is 2.07. The van der Waals surface area contributed by atoms with Gasteiger partial charge in [-0.2, -0.15) is 5.26 Å². The molecule has 0 saturated carbocycles. The molecule has 1 aromatic rings. The number of nitrogens with zero attached hydrogens (tertiary/aromatic N) is 1. The zero-order valence-electron chi connectivity index (χ0n) is 13.9. The van der Waals surface area contributed by atoms with Gasteiger partial charge in [-0.25, -0.2) is 4.39 Å². The van der Waals surface area contributed by atoms with Crippen LogP contribution in [-0.4, -0.2) is 29.8 Å². The van der Waals surface area contributed by atoms with Gasteiger partial charge >= 0.3 is 0 Å². The van der Waals surface area contributed by atoms with Crippen molar-refractivity contribution in [2.24, 2.45) is 5.73 Å². The van der Waals surface area contributed by atoms with E-state index in [1.54, 1.807) is 0 Å². The first-order chi connectivity index (χ1) is 11.8. The molecule has 0 bridgehead atoms. The van der Waals surface area contributed by atoms with Gasteiger partial charge in [-0.15, -0.1) is 0 Å². The molecule has 134 valence electrons. The number of rotatable bonds is 9. The van der Waals surface area contributed by atoms with Crippen LogP contribution in [0.1, 0.15) is 31.7 Å². The van der Waals surface area contributed by atoms with Gasteiger partial charge < -0.3 is 16.4 Å². The molecular weight excluding hydrogens is 327 g/mol. The number of carbonyl (C=O) groups is 3. The summed E-state index contributed by atoms with van der Waals surface area (Å²) < 4.78 is 13.0. The quantitative estimate of drug-likeness (QED) is 0.563. The average Bonchev–Trinajstić information content (AvgIpc) is 2.54. The van der Waals surface area contributed by atoms with E-state index in [4.69, 9.17) is 11.0 Å². The standard InChI is InChI=1S/C17H21FN4O3/c1-11(23)21-15(10-12-5-7-13(18)8-6-12)17(25)22-14(16(20)24)4-2-3-9-19/h5-8,14-15H,2-4,10H2,1H3,(H2,20,24)(H,21,23)(H,22,25)/t14-,15-/m0/s1. The number of benzene rings is 1. The van der Waals surface area contributed by atoms with Crippen LogP contribution in [0.3, 0.4) is 0 Å². The Balaban J connectivity index is 2.80. The van der Waals surface area contributed by atoms with Gasteiger partial charge in [-0.1, -0.05) is 12.1 Å². The number of nitrogens with two attached hydrogens (primary N) is 1. The molecule has 0 aliphatic carbocycles. The molecule has 0 radical (unpaired) electrons. The lowest BCUT2D eigenvalue weighted by Crippen LogP contribution is -2.53. The van der Waals surface area contributed by atoms with E-state index in [-0.39, 0.29) is 19.3 Å². The van der Waals surface area contributed by atoms with Crippen molar-refractivity contribution in [3.05, 3.63) is 35.6 Å². The van der Waals surface area contributed by atoms with Crippen LogP contribution in [0.15, 0.2) is 24.3 Å².